The molecule has 0 bridgehead atoms. The van der Waals surface area contributed by atoms with Crippen molar-refractivity contribution < 1.29 is 0 Å². The lowest BCUT2D eigenvalue weighted by Gasteiger charge is -2.37. The Bertz CT molecular complexity index is 757. The number of hydrogen-bond acceptors (Lipinski definition) is 6. The van der Waals surface area contributed by atoms with Crippen LogP contribution in [0.3, 0.4) is 0 Å². The summed E-state index contributed by atoms with van der Waals surface area (Å²) in [5.74, 6) is 0. The Morgan fingerprint density at radius 1 is 1.00 bits per heavy atom. The van der Waals surface area contributed by atoms with Crippen LogP contribution < -0.4 is 21.1 Å². The topological polar surface area (TPSA) is 55.9 Å². The molecule has 0 aliphatic carbocycles. The summed E-state index contributed by atoms with van der Waals surface area (Å²) in [7, 11) is 3.97. The highest BCUT2D eigenvalue weighted by Crippen LogP contribution is 2.22. The molecule has 1 aliphatic rings. The van der Waals surface area contributed by atoms with Gasteiger partial charge in [0, 0.05) is 45.8 Å². The number of nitrogens with one attached hydrogen (secondary N) is 1. The van der Waals surface area contributed by atoms with E-state index in [-0.39, 0.29) is 10.9 Å². The predicted octanol–water partition coefficient (Wildman–Crippen LogP) is 0.578. The highest BCUT2D eigenvalue weighted by Gasteiger charge is 2.28. The normalized spacial score (nSPS) is 15.9. The highest BCUT2D eigenvalue weighted by molar-refractivity contribution is 5.75. The lowest BCUT2D eigenvalue weighted by atomic mass is 10.1. The van der Waals surface area contributed by atoms with Crippen LogP contribution in [0.5, 0.6) is 0 Å². The number of anilines is 2. The van der Waals surface area contributed by atoms with E-state index < -0.39 is 0 Å². The number of rotatable bonds is 7. The van der Waals surface area contributed by atoms with Crippen LogP contribution in [0.2, 0.25) is 0 Å². The zero-order valence-corrected chi connectivity index (χ0v) is 15.0. The van der Waals surface area contributed by atoms with Gasteiger partial charge in [-0.3, -0.25) is 14.5 Å². The average molecular weight is 342 g/mol. The fourth-order valence-corrected chi connectivity index (χ4v) is 3.22. The van der Waals surface area contributed by atoms with E-state index >= 15 is 0 Å². The number of benzene rings is 1. The van der Waals surface area contributed by atoms with E-state index in [0.29, 0.717) is 17.9 Å². The third-order valence-electron chi connectivity index (χ3n) is 4.68. The minimum absolute atomic E-state index is 0.344. The smallest absolute Gasteiger partial charge is 0.253 e. The van der Waals surface area contributed by atoms with Crippen molar-refractivity contribution in [3.8, 4) is 0 Å². The molecular formula is C19H26N4O2. The Morgan fingerprint density at radius 3 is 2.32 bits per heavy atom. The largest absolute Gasteiger partial charge is 0.379 e. The molecule has 1 N–H and O–H groups in total. The summed E-state index contributed by atoms with van der Waals surface area (Å²) in [5.41, 5.74) is 1.67. The molecule has 1 saturated heterocycles. The molecule has 3 rings (SSSR count). The molecule has 0 saturated carbocycles. The van der Waals surface area contributed by atoms with Gasteiger partial charge in [0.25, 0.3) is 10.9 Å². The first kappa shape index (κ1) is 17.6. The molecule has 25 heavy (non-hydrogen) atoms. The molecular weight excluding hydrogens is 316 g/mol. The first-order valence-corrected chi connectivity index (χ1v) is 8.79. The molecule has 0 aromatic heterocycles. The number of likely N-dealkylation sites (N-methyl/N-ethyl adjacent to an activating group) is 1. The highest BCUT2D eigenvalue weighted by atomic mass is 16.2. The molecule has 0 radical (unpaired) electrons. The molecule has 0 atom stereocenters. The Morgan fingerprint density at radius 2 is 1.68 bits per heavy atom. The van der Waals surface area contributed by atoms with Crippen molar-refractivity contribution >= 4 is 11.4 Å². The van der Waals surface area contributed by atoms with Crippen molar-refractivity contribution in [2.24, 2.45) is 0 Å². The molecule has 2 aromatic carbocycles. The van der Waals surface area contributed by atoms with Crippen molar-refractivity contribution in [2.75, 3.05) is 63.6 Å². The van der Waals surface area contributed by atoms with Crippen molar-refractivity contribution in [3.05, 3.63) is 56.3 Å². The number of hydrogen-bond donors (Lipinski definition) is 1. The van der Waals surface area contributed by atoms with E-state index in [4.69, 9.17) is 0 Å². The van der Waals surface area contributed by atoms with Crippen molar-refractivity contribution in [3.63, 3.8) is 0 Å². The summed E-state index contributed by atoms with van der Waals surface area (Å²) < 4.78 is 0. The standard InChI is InChI=1S/C19H26N4O2/c1-21(2)9-8-20-16-17(19(25)18(16)24)23-12-10-22(11-13-23)14-15-6-4-3-5-7-15/h3-7,20H,8-14H2,1-2H3. The van der Waals surface area contributed by atoms with E-state index in [9.17, 15) is 9.59 Å². The van der Waals surface area contributed by atoms with Gasteiger partial charge in [-0.05, 0) is 19.7 Å². The molecule has 134 valence electrons. The van der Waals surface area contributed by atoms with Gasteiger partial charge in [-0.25, -0.2) is 0 Å². The second-order valence-corrected chi connectivity index (χ2v) is 6.86. The molecule has 0 spiro atoms. The van der Waals surface area contributed by atoms with Gasteiger partial charge in [0.1, 0.15) is 11.4 Å². The fourth-order valence-electron chi connectivity index (χ4n) is 3.22. The summed E-state index contributed by atoms with van der Waals surface area (Å²) in [4.78, 5) is 30.4. The first-order valence-electron chi connectivity index (χ1n) is 8.79. The van der Waals surface area contributed by atoms with Gasteiger partial charge in [0.05, 0.1) is 0 Å². The lowest BCUT2D eigenvalue weighted by molar-refractivity contribution is 0.249. The van der Waals surface area contributed by atoms with Gasteiger partial charge in [0.2, 0.25) is 0 Å². The third-order valence-corrected chi connectivity index (χ3v) is 4.68. The monoisotopic (exact) mass is 342 g/mol. The van der Waals surface area contributed by atoms with Crippen LogP contribution in [0.1, 0.15) is 5.56 Å². The van der Waals surface area contributed by atoms with E-state index in [1.165, 1.54) is 5.56 Å². The van der Waals surface area contributed by atoms with Gasteiger partial charge in [-0.2, -0.15) is 0 Å². The quantitative estimate of drug-likeness (QED) is 0.743. The maximum atomic E-state index is 12.0. The van der Waals surface area contributed by atoms with Crippen molar-refractivity contribution in [2.45, 2.75) is 6.54 Å². The number of piperazine rings is 1. The van der Waals surface area contributed by atoms with E-state index in [2.05, 4.69) is 39.4 Å². The van der Waals surface area contributed by atoms with Crippen LogP contribution in [0, 0.1) is 0 Å². The summed E-state index contributed by atoms with van der Waals surface area (Å²) in [6.45, 7) is 5.76. The van der Waals surface area contributed by atoms with Gasteiger partial charge in [0.15, 0.2) is 0 Å². The van der Waals surface area contributed by atoms with Crippen LogP contribution >= 0.6 is 0 Å². The average Bonchev–Trinajstić information content (AvgIpc) is 2.62. The van der Waals surface area contributed by atoms with Crippen LogP contribution in [0.15, 0.2) is 39.9 Å². The predicted molar refractivity (Wildman–Crippen MR) is 102 cm³/mol. The van der Waals surface area contributed by atoms with E-state index in [1.807, 2.05) is 25.1 Å². The molecule has 1 heterocycles. The summed E-state index contributed by atoms with van der Waals surface area (Å²) in [6, 6.07) is 10.4. The molecule has 1 aliphatic heterocycles. The van der Waals surface area contributed by atoms with E-state index in [0.717, 1.165) is 39.3 Å². The Labute approximate surface area is 148 Å². The van der Waals surface area contributed by atoms with Gasteiger partial charge < -0.3 is 15.1 Å². The molecule has 0 amide bonds. The summed E-state index contributed by atoms with van der Waals surface area (Å²) in [5, 5.41) is 3.14. The first-order chi connectivity index (χ1) is 12.1. The van der Waals surface area contributed by atoms with Crippen LogP contribution in [-0.2, 0) is 6.54 Å². The maximum Gasteiger partial charge on any atom is 0.253 e. The molecule has 2 aromatic rings. The molecule has 6 heteroatoms. The zero-order valence-electron chi connectivity index (χ0n) is 15.0. The lowest BCUT2D eigenvalue weighted by Crippen LogP contribution is -2.51. The van der Waals surface area contributed by atoms with Crippen LogP contribution in [0.25, 0.3) is 0 Å². The second-order valence-electron chi connectivity index (χ2n) is 6.86. The fraction of sp³-hybridized carbons (Fsp3) is 0.474. The zero-order chi connectivity index (χ0) is 17.8. The van der Waals surface area contributed by atoms with Crippen molar-refractivity contribution in [1.82, 2.24) is 9.80 Å². The van der Waals surface area contributed by atoms with E-state index in [1.54, 1.807) is 0 Å². The molecule has 6 nitrogen and oxygen atoms in total. The third kappa shape index (κ3) is 4.08. The van der Waals surface area contributed by atoms with Crippen LogP contribution in [-0.4, -0.2) is 63.2 Å². The number of nitrogens with zero attached hydrogens (tertiary/aromatic N) is 3. The Hall–Kier alpha value is -2.18. The van der Waals surface area contributed by atoms with Crippen LogP contribution in [0.4, 0.5) is 11.4 Å². The summed E-state index contributed by atoms with van der Waals surface area (Å²) >= 11 is 0. The Balaban J connectivity index is 1.57. The second kappa shape index (κ2) is 7.80. The van der Waals surface area contributed by atoms with Gasteiger partial charge >= 0.3 is 0 Å². The maximum absolute atomic E-state index is 12.0. The molecule has 1 fully saturated rings. The summed E-state index contributed by atoms with van der Waals surface area (Å²) in [6.07, 6.45) is 0. The SMILES string of the molecule is CN(C)CCNc1c(N2CCN(Cc3ccccc3)CC2)c(=O)c1=O. The minimum atomic E-state index is -0.375. The molecule has 0 unspecified atom stereocenters. The minimum Gasteiger partial charge on any atom is -0.379 e. The van der Waals surface area contributed by atoms with Gasteiger partial charge in [-0.15, -0.1) is 0 Å². The van der Waals surface area contributed by atoms with Gasteiger partial charge in [-0.1, -0.05) is 30.3 Å². The van der Waals surface area contributed by atoms with Crippen molar-refractivity contribution in [1.29, 1.82) is 0 Å². The Kier molecular flexibility index (Phi) is 5.50.